The van der Waals surface area contributed by atoms with Crippen LogP contribution in [0.25, 0.3) is 5.76 Å². The van der Waals surface area contributed by atoms with Crippen molar-refractivity contribution in [2.45, 2.75) is 19.6 Å². The van der Waals surface area contributed by atoms with Gasteiger partial charge in [-0.05, 0) is 48.4 Å². The van der Waals surface area contributed by atoms with Gasteiger partial charge >= 0.3 is 5.91 Å². The van der Waals surface area contributed by atoms with E-state index in [1.54, 1.807) is 49.4 Å². The summed E-state index contributed by atoms with van der Waals surface area (Å²) in [6, 6.07) is 20.9. The highest BCUT2D eigenvalue weighted by molar-refractivity contribution is 7.15. The number of hydrogen-bond acceptors (Lipinski definition) is 9. The normalized spacial score (nSPS) is 17.9. The van der Waals surface area contributed by atoms with Crippen molar-refractivity contribution in [2.75, 3.05) is 18.1 Å². The maximum atomic E-state index is 13.4. The first kappa shape index (κ1) is 24.6. The van der Waals surface area contributed by atoms with Crippen LogP contribution in [0.5, 0.6) is 17.2 Å². The highest BCUT2D eigenvalue weighted by Gasteiger charge is 2.48. The SMILES string of the molecule is Cc1nnc(N2C(=O)C(=O)/C(=C(/O)c3ccc4c(c3)OCCO4)C2c2ccc(OCc3ccccc3)cc2)s1. The number of aliphatic hydroxyl groups excluding tert-OH is 1. The second kappa shape index (κ2) is 10.2. The van der Waals surface area contributed by atoms with Crippen LogP contribution < -0.4 is 19.1 Å². The minimum absolute atomic E-state index is 0.0533. The Morgan fingerprint density at radius 3 is 2.46 bits per heavy atom. The molecule has 0 spiro atoms. The van der Waals surface area contributed by atoms with Gasteiger partial charge in [0.15, 0.2) is 11.5 Å². The van der Waals surface area contributed by atoms with E-state index in [-0.39, 0.29) is 16.5 Å². The summed E-state index contributed by atoms with van der Waals surface area (Å²) in [6.45, 7) is 2.96. The molecule has 1 N–H and O–H groups in total. The second-order valence-electron chi connectivity index (χ2n) is 8.97. The molecule has 9 nitrogen and oxygen atoms in total. The van der Waals surface area contributed by atoms with E-state index in [0.29, 0.717) is 53.2 Å². The number of amides is 1. The van der Waals surface area contributed by atoms with Gasteiger partial charge in [0, 0.05) is 5.56 Å². The van der Waals surface area contributed by atoms with Crippen molar-refractivity contribution in [1.29, 1.82) is 0 Å². The first-order valence-corrected chi connectivity index (χ1v) is 13.1. The number of aliphatic hydroxyl groups is 1. The molecule has 4 aromatic rings. The van der Waals surface area contributed by atoms with Gasteiger partial charge in [-0.15, -0.1) is 10.2 Å². The van der Waals surface area contributed by atoms with E-state index >= 15 is 0 Å². The van der Waals surface area contributed by atoms with E-state index in [1.807, 2.05) is 30.3 Å². The zero-order chi connectivity index (χ0) is 26.9. The lowest BCUT2D eigenvalue weighted by Crippen LogP contribution is -2.29. The number of carbonyl (C=O) groups excluding carboxylic acids is 2. The van der Waals surface area contributed by atoms with Gasteiger partial charge in [0.25, 0.3) is 5.78 Å². The summed E-state index contributed by atoms with van der Waals surface area (Å²) in [6.07, 6.45) is 0. The first-order valence-electron chi connectivity index (χ1n) is 12.3. The molecule has 0 radical (unpaired) electrons. The van der Waals surface area contributed by atoms with Crippen LogP contribution in [0.15, 0.2) is 78.4 Å². The molecule has 0 bridgehead atoms. The summed E-state index contributed by atoms with van der Waals surface area (Å²) < 4.78 is 17.1. The van der Waals surface area contributed by atoms with Gasteiger partial charge in [-0.25, -0.2) is 0 Å². The number of hydrogen-bond donors (Lipinski definition) is 1. The highest BCUT2D eigenvalue weighted by atomic mass is 32.1. The Kier molecular flexibility index (Phi) is 6.45. The average Bonchev–Trinajstić information content (AvgIpc) is 3.51. The number of aromatic nitrogens is 2. The number of anilines is 1. The smallest absolute Gasteiger partial charge is 0.301 e. The molecular formula is C29H23N3O6S. The van der Waals surface area contributed by atoms with Crippen molar-refractivity contribution < 1.29 is 28.9 Å². The second-order valence-corrected chi connectivity index (χ2v) is 10.1. The molecule has 1 atom stereocenters. The maximum absolute atomic E-state index is 13.4. The van der Waals surface area contributed by atoms with Crippen LogP contribution in [0.4, 0.5) is 5.13 Å². The van der Waals surface area contributed by atoms with Crippen LogP contribution in [0.2, 0.25) is 0 Å². The summed E-state index contributed by atoms with van der Waals surface area (Å²) in [5, 5.41) is 20.5. The number of benzene rings is 3. The zero-order valence-corrected chi connectivity index (χ0v) is 21.7. The number of ketones is 1. The Bertz CT molecular complexity index is 1580. The van der Waals surface area contributed by atoms with Gasteiger partial charge in [-0.1, -0.05) is 53.8 Å². The van der Waals surface area contributed by atoms with Gasteiger partial charge in [-0.2, -0.15) is 0 Å². The molecule has 1 aromatic heterocycles. The molecule has 0 saturated carbocycles. The zero-order valence-electron chi connectivity index (χ0n) is 20.9. The predicted molar refractivity (Wildman–Crippen MR) is 144 cm³/mol. The number of carbonyl (C=O) groups is 2. The van der Waals surface area contributed by atoms with Crippen LogP contribution in [-0.2, 0) is 16.2 Å². The van der Waals surface area contributed by atoms with Crippen LogP contribution in [-0.4, -0.2) is 40.2 Å². The summed E-state index contributed by atoms with van der Waals surface area (Å²) in [4.78, 5) is 28.0. The van der Waals surface area contributed by atoms with E-state index in [9.17, 15) is 14.7 Å². The molecule has 3 heterocycles. The Balaban J connectivity index is 1.39. The number of fused-ring (bicyclic) bond motifs is 1. The van der Waals surface area contributed by atoms with Crippen molar-refractivity contribution >= 4 is 33.9 Å². The van der Waals surface area contributed by atoms with Crippen LogP contribution in [0, 0.1) is 6.92 Å². The van der Waals surface area contributed by atoms with E-state index in [1.165, 1.54) is 16.2 Å². The van der Waals surface area contributed by atoms with Crippen molar-refractivity contribution in [1.82, 2.24) is 10.2 Å². The van der Waals surface area contributed by atoms with Gasteiger partial charge in [0.1, 0.15) is 36.3 Å². The third kappa shape index (κ3) is 4.70. The fraction of sp³-hybridized carbons (Fsp3) is 0.172. The van der Waals surface area contributed by atoms with E-state index < -0.39 is 17.7 Å². The lowest BCUT2D eigenvalue weighted by molar-refractivity contribution is -0.132. The number of nitrogens with zero attached hydrogens (tertiary/aromatic N) is 3. The Labute approximate surface area is 227 Å². The molecule has 2 aliphatic heterocycles. The van der Waals surface area contributed by atoms with E-state index in [4.69, 9.17) is 14.2 Å². The molecule has 10 heteroatoms. The van der Waals surface area contributed by atoms with Gasteiger partial charge in [0.05, 0.1) is 11.6 Å². The summed E-state index contributed by atoms with van der Waals surface area (Å²) in [7, 11) is 0. The Hall–Kier alpha value is -4.70. The molecule has 1 fully saturated rings. The summed E-state index contributed by atoms with van der Waals surface area (Å²) >= 11 is 1.19. The molecule has 2 aliphatic rings. The van der Waals surface area contributed by atoms with E-state index in [2.05, 4.69) is 10.2 Å². The predicted octanol–water partition coefficient (Wildman–Crippen LogP) is 4.82. The van der Waals surface area contributed by atoms with Gasteiger partial charge < -0.3 is 19.3 Å². The number of rotatable bonds is 6. The lowest BCUT2D eigenvalue weighted by Gasteiger charge is -2.23. The quantitative estimate of drug-likeness (QED) is 0.210. The molecule has 1 saturated heterocycles. The number of Topliss-reactive ketones (excluding diaryl/α,β-unsaturated/α-hetero) is 1. The largest absolute Gasteiger partial charge is 0.507 e. The standard InChI is InChI=1S/C29H23N3O6S/c1-17-30-31-29(39-17)32-25(19-7-10-21(11-8-19)38-16-18-5-3-2-4-6-18)24(27(34)28(32)35)26(33)20-9-12-22-23(15-20)37-14-13-36-22/h2-12,15,25,33H,13-14,16H2,1H3/b26-24+. The molecule has 1 unspecified atom stereocenters. The van der Waals surface area contributed by atoms with Crippen LogP contribution in [0.1, 0.15) is 27.7 Å². The molecule has 1 amide bonds. The topological polar surface area (TPSA) is 111 Å². The number of aryl methyl sites for hydroxylation is 1. The third-order valence-electron chi connectivity index (χ3n) is 6.43. The van der Waals surface area contributed by atoms with Crippen molar-refractivity contribution in [3.8, 4) is 17.2 Å². The minimum Gasteiger partial charge on any atom is -0.507 e. The minimum atomic E-state index is -0.922. The summed E-state index contributed by atoms with van der Waals surface area (Å²) in [5.41, 5.74) is 1.91. The highest BCUT2D eigenvalue weighted by Crippen LogP contribution is 2.44. The van der Waals surface area contributed by atoms with Crippen molar-refractivity contribution in [3.63, 3.8) is 0 Å². The van der Waals surface area contributed by atoms with E-state index in [0.717, 1.165) is 5.56 Å². The van der Waals surface area contributed by atoms with Crippen LogP contribution >= 0.6 is 11.3 Å². The molecule has 39 heavy (non-hydrogen) atoms. The van der Waals surface area contributed by atoms with Gasteiger partial charge in [-0.3, -0.25) is 14.5 Å². The molecule has 196 valence electrons. The summed E-state index contributed by atoms with van der Waals surface area (Å²) in [5.74, 6) is -0.299. The molecule has 3 aromatic carbocycles. The molecular weight excluding hydrogens is 518 g/mol. The third-order valence-corrected chi connectivity index (χ3v) is 7.26. The Morgan fingerprint density at radius 2 is 1.74 bits per heavy atom. The molecule has 0 aliphatic carbocycles. The monoisotopic (exact) mass is 541 g/mol. The Morgan fingerprint density at radius 1 is 1.00 bits per heavy atom. The van der Waals surface area contributed by atoms with Crippen molar-refractivity contribution in [3.05, 3.63) is 100 Å². The van der Waals surface area contributed by atoms with Crippen molar-refractivity contribution in [2.24, 2.45) is 0 Å². The maximum Gasteiger partial charge on any atom is 0.301 e. The van der Waals surface area contributed by atoms with Crippen LogP contribution in [0.3, 0.4) is 0 Å². The first-order chi connectivity index (χ1) is 19.0. The molecule has 6 rings (SSSR count). The fourth-order valence-electron chi connectivity index (χ4n) is 4.56. The fourth-order valence-corrected chi connectivity index (χ4v) is 5.28. The average molecular weight is 542 g/mol. The van der Waals surface area contributed by atoms with Gasteiger partial charge in [0.2, 0.25) is 5.13 Å². The number of ether oxygens (including phenoxy) is 3. The lowest BCUT2D eigenvalue weighted by atomic mass is 9.95.